The molecule has 6 nitrogen and oxygen atoms in total. The molecule has 96 valence electrons. The van der Waals surface area contributed by atoms with Crippen LogP contribution < -0.4 is 11.1 Å². The van der Waals surface area contributed by atoms with E-state index in [1.54, 1.807) is 0 Å². The van der Waals surface area contributed by atoms with Gasteiger partial charge in [-0.15, -0.1) is 0 Å². The second-order valence-electron chi connectivity index (χ2n) is 4.63. The van der Waals surface area contributed by atoms with Gasteiger partial charge >= 0.3 is 6.03 Å². The van der Waals surface area contributed by atoms with Crippen molar-refractivity contribution in [2.75, 3.05) is 32.7 Å². The van der Waals surface area contributed by atoms with Crippen molar-refractivity contribution in [3.63, 3.8) is 0 Å². The summed E-state index contributed by atoms with van der Waals surface area (Å²) in [5.74, 6) is -0.128. The molecule has 0 saturated carbocycles. The molecule has 2 rings (SSSR count). The molecule has 0 spiro atoms. The number of urea groups is 1. The number of nitrogens with one attached hydrogen (secondary N) is 1. The largest absolute Gasteiger partial charge is 0.329 e. The van der Waals surface area contributed by atoms with Crippen LogP contribution in [0.1, 0.15) is 19.3 Å². The maximum atomic E-state index is 11.4. The summed E-state index contributed by atoms with van der Waals surface area (Å²) in [4.78, 5) is 26.4. The zero-order valence-electron chi connectivity index (χ0n) is 10.0. The second kappa shape index (κ2) is 5.46. The molecule has 0 aliphatic carbocycles. The summed E-state index contributed by atoms with van der Waals surface area (Å²) in [6.45, 7) is 3.02. The van der Waals surface area contributed by atoms with Gasteiger partial charge in [-0.25, -0.2) is 4.79 Å². The Bertz CT molecular complexity index is 292. The zero-order valence-corrected chi connectivity index (χ0v) is 10.0. The Morgan fingerprint density at radius 1 is 1.29 bits per heavy atom. The molecule has 3 amide bonds. The van der Waals surface area contributed by atoms with Crippen LogP contribution in [0.5, 0.6) is 0 Å². The normalized spacial score (nSPS) is 26.4. The van der Waals surface area contributed by atoms with E-state index in [1.165, 1.54) is 17.7 Å². The predicted molar refractivity (Wildman–Crippen MR) is 63.4 cm³/mol. The van der Waals surface area contributed by atoms with Crippen LogP contribution in [0, 0.1) is 0 Å². The van der Waals surface area contributed by atoms with E-state index in [4.69, 9.17) is 5.73 Å². The lowest BCUT2D eigenvalue weighted by molar-refractivity contribution is -0.125. The molecule has 2 aliphatic rings. The van der Waals surface area contributed by atoms with E-state index in [0.717, 1.165) is 19.5 Å². The summed E-state index contributed by atoms with van der Waals surface area (Å²) in [6, 6.07) is 0.140. The highest BCUT2D eigenvalue weighted by atomic mass is 16.2. The smallest absolute Gasteiger partial charge is 0.324 e. The van der Waals surface area contributed by atoms with Gasteiger partial charge in [-0.3, -0.25) is 14.6 Å². The van der Waals surface area contributed by atoms with E-state index in [-0.39, 0.29) is 18.5 Å². The van der Waals surface area contributed by atoms with E-state index in [0.29, 0.717) is 19.1 Å². The van der Waals surface area contributed by atoms with Gasteiger partial charge in [-0.1, -0.05) is 6.42 Å². The Balaban J connectivity index is 1.84. The van der Waals surface area contributed by atoms with Gasteiger partial charge in [0.1, 0.15) is 0 Å². The molecule has 2 heterocycles. The van der Waals surface area contributed by atoms with Gasteiger partial charge in [0.15, 0.2) is 0 Å². The molecule has 0 aromatic rings. The van der Waals surface area contributed by atoms with E-state index in [1.807, 2.05) is 0 Å². The Hall–Kier alpha value is -1.14. The fourth-order valence-electron chi connectivity index (χ4n) is 2.53. The molecule has 0 aromatic heterocycles. The van der Waals surface area contributed by atoms with Crippen molar-refractivity contribution in [2.45, 2.75) is 25.3 Å². The average Bonchev–Trinajstić information content (AvgIpc) is 2.67. The van der Waals surface area contributed by atoms with Crippen LogP contribution in [0.25, 0.3) is 0 Å². The maximum Gasteiger partial charge on any atom is 0.324 e. The third kappa shape index (κ3) is 2.76. The van der Waals surface area contributed by atoms with Crippen LogP contribution in [0.15, 0.2) is 0 Å². The van der Waals surface area contributed by atoms with Crippen molar-refractivity contribution < 1.29 is 9.59 Å². The molecule has 0 bridgehead atoms. The van der Waals surface area contributed by atoms with Crippen molar-refractivity contribution in [3.05, 3.63) is 0 Å². The second-order valence-corrected chi connectivity index (χ2v) is 4.63. The van der Waals surface area contributed by atoms with Crippen LogP contribution in [0.2, 0.25) is 0 Å². The van der Waals surface area contributed by atoms with Crippen LogP contribution in [-0.2, 0) is 4.79 Å². The predicted octanol–water partition coefficient (Wildman–Crippen LogP) is -0.649. The summed E-state index contributed by atoms with van der Waals surface area (Å²) in [5.41, 5.74) is 5.73. The Kier molecular flexibility index (Phi) is 3.96. The van der Waals surface area contributed by atoms with Crippen molar-refractivity contribution in [2.24, 2.45) is 5.73 Å². The van der Waals surface area contributed by atoms with Gasteiger partial charge in [-0.2, -0.15) is 0 Å². The number of likely N-dealkylation sites (tertiary alicyclic amines) is 1. The minimum atomic E-state index is -0.267. The van der Waals surface area contributed by atoms with Gasteiger partial charge in [0.2, 0.25) is 5.91 Å². The summed E-state index contributed by atoms with van der Waals surface area (Å²) in [5, 5.41) is 2.53. The monoisotopic (exact) mass is 240 g/mol. The molecular weight excluding hydrogens is 220 g/mol. The number of amides is 3. The van der Waals surface area contributed by atoms with E-state index < -0.39 is 0 Å². The molecule has 2 fully saturated rings. The molecular formula is C11H20N4O2. The quantitative estimate of drug-likeness (QED) is 0.640. The number of piperidine rings is 1. The summed E-state index contributed by atoms with van der Waals surface area (Å²) < 4.78 is 0. The number of nitrogens with zero attached hydrogens (tertiary/aromatic N) is 2. The number of nitrogens with two attached hydrogens (primary N) is 1. The van der Waals surface area contributed by atoms with Gasteiger partial charge in [0.05, 0.1) is 6.54 Å². The average molecular weight is 240 g/mol. The van der Waals surface area contributed by atoms with Crippen molar-refractivity contribution in [1.82, 2.24) is 15.1 Å². The fourth-order valence-corrected chi connectivity index (χ4v) is 2.53. The van der Waals surface area contributed by atoms with Gasteiger partial charge in [0, 0.05) is 25.7 Å². The molecule has 0 radical (unpaired) electrons. The fraction of sp³-hybridized carbons (Fsp3) is 0.818. The molecule has 6 heteroatoms. The topological polar surface area (TPSA) is 78.7 Å². The first-order chi connectivity index (χ1) is 8.22. The molecule has 3 N–H and O–H groups in total. The first kappa shape index (κ1) is 12.3. The zero-order chi connectivity index (χ0) is 12.3. The number of carbonyl (C=O) groups is 2. The first-order valence-corrected chi connectivity index (χ1v) is 6.24. The first-order valence-electron chi connectivity index (χ1n) is 6.24. The Morgan fingerprint density at radius 2 is 2.12 bits per heavy atom. The minimum absolute atomic E-state index is 0.128. The van der Waals surface area contributed by atoms with Crippen LogP contribution in [0.4, 0.5) is 4.79 Å². The molecule has 2 aliphatic heterocycles. The minimum Gasteiger partial charge on any atom is -0.329 e. The van der Waals surface area contributed by atoms with Gasteiger partial charge < -0.3 is 11.1 Å². The number of imide groups is 1. The summed E-state index contributed by atoms with van der Waals surface area (Å²) >= 11 is 0. The Labute approximate surface area is 101 Å². The molecule has 1 unspecified atom stereocenters. The molecule has 2 saturated heterocycles. The van der Waals surface area contributed by atoms with Gasteiger partial charge in [0.25, 0.3) is 0 Å². The highest BCUT2D eigenvalue weighted by Crippen LogP contribution is 2.15. The van der Waals surface area contributed by atoms with Crippen molar-refractivity contribution in [3.8, 4) is 0 Å². The number of hydrogen-bond donors (Lipinski definition) is 2. The SMILES string of the molecule is NCC1CCCCN1CCN1C(=O)CNC1=O. The van der Waals surface area contributed by atoms with E-state index in [2.05, 4.69) is 10.2 Å². The highest BCUT2D eigenvalue weighted by molar-refractivity contribution is 6.01. The molecule has 1 atom stereocenters. The summed E-state index contributed by atoms with van der Waals surface area (Å²) in [7, 11) is 0. The van der Waals surface area contributed by atoms with Crippen molar-refractivity contribution >= 4 is 11.9 Å². The summed E-state index contributed by atoms with van der Waals surface area (Å²) in [6.07, 6.45) is 3.52. The van der Waals surface area contributed by atoms with E-state index >= 15 is 0 Å². The third-order valence-corrected chi connectivity index (χ3v) is 3.57. The van der Waals surface area contributed by atoms with Crippen LogP contribution in [-0.4, -0.2) is 60.5 Å². The lowest BCUT2D eigenvalue weighted by atomic mass is 10.0. The molecule has 17 heavy (non-hydrogen) atoms. The van der Waals surface area contributed by atoms with E-state index in [9.17, 15) is 9.59 Å². The van der Waals surface area contributed by atoms with Gasteiger partial charge in [-0.05, 0) is 19.4 Å². The lowest BCUT2D eigenvalue weighted by Crippen LogP contribution is -2.48. The maximum absolute atomic E-state index is 11.4. The lowest BCUT2D eigenvalue weighted by Gasteiger charge is -2.35. The van der Waals surface area contributed by atoms with Crippen LogP contribution >= 0.6 is 0 Å². The number of carbonyl (C=O) groups excluding carboxylic acids is 2. The third-order valence-electron chi connectivity index (χ3n) is 3.57. The Morgan fingerprint density at radius 3 is 2.76 bits per heavy atom. The number of hydrogen-bond acceptors (Lipinski definition) is 4. The highest BCUT2D eigenvalue weighted by Gasteiger charge is 2.29. The van der Waals surface area contributed by atoms with Crippen LogP contribution in [0.3, 0.4) is 0 Å². The van der Waals surface area contributed by atoms with Crippen molar-refractivity contribution in [1.29, 1.82) is 0 Å². The standard InChI is InChI=1S/C11H20N4O2/c12-7-9-3-1-2-4-14(9)5-6-15-10(16)8-13-11(15)17/h9H,1-8,12H2,(H,13,17). The molecule has 0 aromatic carbocycles. The number of rotatable bonds is 4.